The van der Waals surface area contributed by atoms with Crippen molar-refractivity contribution in [2.24, 2.45) is 11.7 Å². The number of aryl methyl sites for hydroxylation is 1. The van der Waals surface area contributed by atoms with Gasteiger partial charge in [-0.25, -0.2) is 0 Å². The van der Waals surface area contributed by atoms with E-state index in [1.807, 2.05) is 11.6 Å². The molecule has 0 saturated carbocycles. The lowest BCUT2D eigenvalue weighted by Crippen LogP contribution is -2.05. The Labute approximate surface area is 79.9 Å². The first kappa shape index (κ1) is 10.3. The zero-order chi connectivity index (χ0) is 9.84. The summed E-state index contributed by atoms with van der Waals surface area (Å²) in [6, 6.07) is 0. The average molecular weight is 181 g/mol. The predicted molar refractivity (Wildman–Crippen MR) is 54.6 cm³/mol. The van der Waals surface area contributed by atoms with Gasteiger partial charge in [-0.2, -0.15) is 5.10 Å². The molecule has 74 valence electrons. The van der Waals surface area contributed by atoms with Crippen LogP contribution in [-0.4, -0.2) is 16.3 Å². The predicted octanol–water partition coefficient (Wildman–Crippen LogP) is 1.35. The fourth-order valence-corrected chi connectivity index (χ4v) is 1.43. The number of aromatic nitrogens is 2. The summed E-state index contributed by atoms with van der Waals surface area (Å²) in [6.07, 6.45) is 3.05. The molecule has 0 aliphatic rings. The molecule has 0 bridgehead atoms. The molecule has 0 radical (unpaired) electrons. The van der Waals surface area contributed by atoms with E-state index in [0.717, 1.165) is 18.7 Å². The Hall–Kier alpha value is -0.830. The summed E-state index contributed by atoms with van der Waals surface area (Å²) < 4.78 is 2.02. The molecular weight excluding hydrogens is 162 g/mol. The molecule has 0 aliphatic carbocycles. The topological polar surface area (TPSA) is 43.8 Å². The standard InChI is InChI=1S/C10H19N3/c1-8(2)6-13-7-10(4-5-11)9(3)12-13/h7-8H,4-6,11H2,1-3H3. The summed E-state index contributed by atoms with van der Waals surface area (Å²) in [7, 11) is 0. The highest BCUT2D eigenvalue weighted by molar-refractivity contribution is 5.15. The van der Waals surface area contributed by atoms with Crippen LogP contribution in [0.3, 0.4) is 0 Å². The molecule has 2 N–H and O–H groups in total. The van der Waals surface area contributed by atoms with Crippen molar-refractivity contribution in [2.45, 2.75) is 33.7 Å². The minimum atomic E-state index is 0.644. The Kier molecular flexibility index (Phi) is 3.48. The molecule has 13 heavy (non-hydrogen) atoms. The number of nitrogens with two attached hydrogens (primary N) is 1. The van der Waals surface area contributed by atoms with E-state index >= 15 is 0 Å². The minimum Gasteiger partial charge on any atom is -0.330 e. The van der Waals surface area contributed by atoms with Crippen molar-refractivity contribution in [1.82, 2.24) is 9.78 Å². The first-order chi connectivity index (χ1) is 6.13. The van der Waals surface area contributed by atoms with Gasteiger partial charge in [-0.3, -0.25) is 4.68 Å². The maximum Gasteiger partial charge on any atom is 0.0626 e. The summed E-state index contributed by atoms with van der Waals surface area (Å²) >= 11 is 0. The summed E-state index contributed by atoms with van der Waals surface area (Å²) in [4.78, 5) is 0. The normalized spacial score (nSPS) is 11.2. The molecule has 3 nitrogen and oxygen atoms in total. The van der Waals surface area contributed by atoms with E-state index in [4.69, 9.17) is 5.73 Å². The molecule has 1 rings (SSSR count). The highest BCUT2D eigenvalue weighted by atomic mass is 15.3. The van der Waals surface area contributed by atoms with Gasteiger partial charge in [0, 0.05) is 12.7 Å². The highest BCUT2D eigenvalue weighted by Gasteiger charge is 2.04. The quantitative estimate of drug-likeness (QED) is 0.762. The lowest BCUT2D eigenvalue weighted by atomic mass is 10.2. The largest absolute Gasteiger partial charge is 0.330 e. The molecule has 0 atom stereocenters. The van der Waals surface area contributed by atoms with Crippen LogP contribution < -0.4 is 5.73 Å². The molecule has 3 heteroatoms. The molecule has 1 aromatic heterocycles. The van der Waals surface area contributed by atoms with Crippen LogP contribution in [0.25, 0.3) is 0 Å². The van der Waals surface area contributed by atoms with Gasteiger partial charge < -0.3 is 5.73 Å². The third-order valence-electron chi connectivity index (χ3n) is 2.01. The fourth-order valence-electron chi connectivity index (χ4n) is 1.43. The highest BCUT2D eigenvalue weighted by Crippen LogP contribution is 2.07. The van der Waals surface area contributed by atoms with Crippen LogP contribution in [0.5, 0.6) is 0 Å². The van der Waals surface area contributed by atoms with Crippen LogP contribution in [0, 0.1) is 12.8 Å². The molecule has 1 heterocycles. The first-order valence-electron chi connectivity index (χ1n) is 4.86. The Balaban J connectivity index is 2.70. The fraction of sp³-hybridized carbons (Fsp3) is 0.700. The Morgan fingerprint density at radius 3 is 2.77 bits per heavy atom. The van der Waals surface area contributed by atoms with Gasteiger partial charge in [0.05, 0.1) is 5.69 Å². The molecule has 0 spiro atoms. The summed E-state index contributed by atoms with van der Waals surface area (Å²) in [6.45, 7) is 8.13. The third kappa shape index (κ3) is 2.84. The maximum atomic E-state index is 5.50. The van der Waals surface area contributed by atoms with Gasteiger partial charge >= 0.3 is 0 Å². The van der Waals surface area contributed by atoms with E-state index < -0.39 is 0 Å². The first-order valence-corrected chi connectivity index (χ1v) is 4.86. The van der Waals surface area contributed by atoms with Gasteiger partial charge in [0.1, 0.15) is 0 Å². The van der Waals surface area contributed by atoms with E-state index in [1.165, 1.54) is 5.56 Å². The molecular formula is C10H19N3. The van der Waals surface area contributed by atoms with Gasteiger partial charge in [-0.1, -0.05) is 13.8 Å². The molecule has 0 saturated heterocycles. The van der Waals surface area contributed by atoms with E-state index in [1.54, 1.807) is 0 Å². The number of rotatable bonds is 4. The summed E-state index contributed by atoms with van der Waals surface area (Å²) in [5.41, 5.74) is 7.90. The van der Waals surface area contributed by atoms with E-state index in [0.29, 0.717) is 12.5 Å². The minimum absolute atomic E-state index is 0.644. The van der Waals surface area contributed by atoms with Gasteiger partial charge in [0.15, 0.2) is 0 Å². The monoisotopic (exact) mass is 181 g/mol. The van der Waals surface area contributed by atoms with Crippen molar-refractivity contribution >= 4 is 0 Å². The van der Waals surface area contributed by atoms with Crippen molar-refractivity contribution in [3.05, 3.63) is 17.5 Å². The number of hydrogen-bond donors (Lipinski definition) is 1. The molecule has 0 unspecified atom stereocenters. The van der Waals surface area contributed by atoms with Crippen LogP contribution in [0.15, 0.2) is 6.20 Å². The molecule has 0 aromatic carbocycles. The van der Waals surface area contributed by atoms with Crippen LogP contribution in [0.4, 0.5) is 0 Å². The summed E-state index contributed by atoms with van der Waals surface area (Å²) in [5.74, 6) is 0.644. The third-order valence-corrected chi connectivity index (χ3v) is 2.01. The van der Waals surface area contributed by atoms with Gasteiger partial charge in [0.2, 0.25) is 0 Å². The average Bonchev–Trinajstić information content (AvgIpc) is 2.31. The maximum absolute atomic E-state index is 5.50. The van der Waals surface area contributed by atoms with Crippen LogP contribution >= 0.6 is 0 Å². The van der Waals surface area contributed by atoms with Crippen molar-refractivity contribution in [3.63, 3.8) is 0 Å². The van der Waals surface area contributed by atoms with Gasteiger partial charge in [0.25, 0.3) is 0 Å². The Morgan fingerprint density at radius 2 is 2.23 bits per heavy atom. The van der Waals surface area contributed by atoms with Crippen LogP contribution in [0.2, 0.25) is 0 Å². The van der Waals surface area contributed by atoms with Gasteiger partial charge in [-0.15, -0.1) is 0 Å². The molecule has 1 aromatic rings. The summed E-state index contributed by atoms with van der Waals surface area (Å²) in [5, 5.41) is 4.43. The Morgan fingerprint density at radius 1 is 1.54 bits per heavy atom. The SMILES string of the molecule is Cc1nn(CC(C)C)cc1CCN. The lowest BCUT2D eigenvalue weighted by molar-refractivity contribution is 0.481. The van der Waals surface area contributed by atoms with Crippen molar-refractivity contribution in [3.8, 4) is 0 Å². The molecule has 0 aliphatic heterocycles. The smallest absolute Gasteiger partial charge is 0.0626 e. The second-order valence-electron chi connectivity index (χ2n) is 3.89. The Bertz CT molecular complexity index is 263. The second kappa shape index (κ2) is 4.42. The second-order valence-corrected chi connectivity index (χ2v) is 3.89. The van der Waals surface area contributed by atoms with E-state index in [-0.39, 0.29) is 0 Å². The number of hydrogen-bond acceptors (Lipinski definition) is 2. The zero-order valence-corrected chi connectivity index (χ0v) is 8.75. The van der Waals surface area contributed by atoms with Crippen molar-refractivity contribution < 1.29 is 0 Å². The van der Waals surface area contributed by atoms with E-state index in [9.17, 15) is 0 Å². The van der Waals surface area contributed by atoms with Crippen LogP contribution in [-0.2, 0) is 13.0 Å². The molecule has 0 fully saturated rings. The van der Waals surface area contributed by atoms with Crippen molar-refractivity contribution in [1.29, 1.82) is 0 Å². The molecule has 0 amide bonds. The zero-order valence-electron chi connectivity index (χ0n) is 8.75. The van der Waals surface area contributed by atoms with Gasteiger partial charge in [-0.05, 0) is 31.4 Å². The lowest BCUT2D eigenvalue weighted by Gasteiger charge is -2.03. The van der Waals surface area contributed by atoms with Crippen LogP contribution in [0.1, 0.15) is 25.1 Å². The van der Waals surface area contributed by atoms with E-state index in [2.05, 4.69) is 25.1 Å². The van der Waals surface area contributed by atoms with Crippen molar-refractivity contribution in [2.75, 3.05) is 6.54 Å². The number of nitrogens with zero attached hydrogens (tertiary/aromatic N) is 2.